The van der Waals surface area contributed by atoms with E-state index in [2.05, 4.69) is 72.5 Å². The van der Waals surface area contributed by atoms with E-state index in [1.54, 1.807) is 54.7 Å². The van der Waals surface area contributed by atoms with Crippen LogP contribution in [0.1, 0.15) is 57.2 Å². The summed E-state index contributed by atoms with van der Waals surface area (Å²) < 4.78 is -1.35. The lowest BCUT2D eigenvalue weighted by atomic mass is 9.99. The number of aliphatic hydroxyl groups is 2. The quantitative estimate of drug-likeness (QED) is 0.0116. The molecule has 418 valence electrons. The number of amides is 8. The van der Waals surface area contributed by atoms with Crippen LogP contribution in [0.15, 0.2) is 90.1 Å². The van der Waals surface area contributed by atoms with Crippen LogP contribution in [-0.2, 0) is 57.6 Å². The van der Waals surface area contributed by atoms with Crippen molar-refractivity contribution in [2.24, 2.45) is 27.9 Å². The van der Waals surface area contributed by atoms with Crippen LogP contribution in [-0.4, -0.2) is 151 Å². The van der Waals surface area contributed by atoms with Crippen LogP contribution in [0.25, 0.3) is 10.9 Å². The highest BCUT2D eigenvalue weighted by atomic mass is 32.1. The number of phenols is 1. The molecule has 0 aliphatic rings. The monoisotopic (exact) mass is 1110 g/mol. The van der Waals surface area contributed by atoms with Gasteiger partial charge in [-0.25, -0.2) is 0 Å². The Kier molecular flexibility index (Phi) is 23.6. The topological polar surface area (TPSA) is 414 Å². The maximum absolute atomic E-state index is 14.8. The highest BCUT2D eigenvalue weighted by Gasteiger charge is 2.40. The first-order valence-electron chi connectivity index (χ1n) is 24.6. The van der Waals surface area contributed by atoms with Gasteiger partial charge in [-0.05, 0) is 81.8 Å². The van der Waals surface area contributed by atoms with Crippen molar-refractivity contribution >= 4 is 89.4 Å². The van der Waals surface area contributed by atoms with Crippen molar-refractivity contribution < 1.29 is 53.7 Å². The fraction of sp³-hybridized carbons (Fsp3) is 0.431. The third-order valence-electron chi connectivity index (χ3n) is 12.2. The Labute approximate surface area is 456 Å². The third kappa shape index (κ3) is 19.3. The lowest BCUT2D eigenvalue weighted by Crippen LogP contribution is -2.64. The number of nitrogens with one attached hydrogen (secondary N) is 8. The van der Waals surface area contributed by atoms with Gasteiger partial charge in [-0.1, -0.05) is 60.7 Å². The number of aromatic amines is 1. The first-order chi connectivity index (χ1) is 36.3. The first kappa shape index (κ1) is 62.2. The number of primary amides is 1. The molecule has 0 fully saturated rings. The zero-order chi connectivity index (χ0) is 57.1. The number of thiol groups is 2. The number of hydrogen-bond acceptors (Lipinski definition) is 15. The van der Waals surface area contributed by atoms with Gasteiger partial charge in [0.2, 0.25) is 47.3 Å². The maximum atomic E-state index is 14.8. The summed E-state index contributed by atoms with van der Waals surface area (Å²) in [6.07, 6.45) is -1.72. The molecule has 0 saturated carbocycles. The van der Waals surface area contributed by atoms with Gasteiger partial charge >= 0.3 is 0 Å². The van der Waals surface area contributed by atoms with E-state index >= 15 is 0 Å². The summed E-state index contributed by atoms with van der Waals surface area (Å²) in [6, 6.07) is 10.3. The van der Waals surface area contributed by atoms with Gasteiger partial charge in [0.15, 0.2) is 5.96 Å². The van der Waals surface area contributed by atoms with Crippen molar-refractivity contribution in [1.82, 2.24) is 42.2 Å². The summed E-state index contributed by atoms with van der Waals surface area (Å²) in [5.74, 6) is -7.94. The number of nitrogens with zero attached hydrogens (tertiary/aromatic N) is 1. The van der Waals surface area contributed by atoms with Crippen molar-refractivity contribution in [3.63, 3.8) is 0 Å². The number of H-pyrrole nitrogens is 1. The van der Waals surface area contributed by atoms with E-state index in [9.17, 15) is 53.7 Å². The number of rotatable bonds is 29. The number of aliphatic imine (C=N–C) groups is 1. The second kappa shape index (κ2) is 29.2. The molecular formula is C51H71N13O11S2. The van der Waals surface area contributed by atoms with E-state index in [0.717, 1.165) is 5.56 Å². The molecule has 8 amide bonds. The number of hydrogen-bond donors (Lipinski definition) is 17. The minimum Gasteiger partial charge on any atom is -0.508 e. The zero-order valence-corrected chi connectivity index (χ0v) is 44.9. The number of aromatic hydroxyl groups is 1. The predicted octanol–water partition coefficient (Wildman–Crippen LogP) is -2.44. The number of carbonyl (C=O) groups excluding carboxylic acids is 8. The average molecular weight is 1110 g/mol. The standard InChI is InChI=1S/C51H71N13O11S2/c1-26(65)39(42(53)68)62-49(75)41(51(3,4)77)64-48(74)40(27(2)66)63-44(70)35(15-10-20-56-50(54)55)58-46(72)37(23-30-24-57-34-14-9-8-13-32(30)34)60-45(71)36(22-29-16-18-31(67)19-17-29)59-47(73)38(25-76)61-43(69)33(52)21-28-11-6-5-7-12-28/h5-9,11-14,16-19,24,26-27,33,35-41,57,65-67,76-77H,10,15,20-23,25,52H2,1-4H3,(H2,53,68)(H,58,72)(H,59,73)(H,60,71)(H,61,69)(H,62,75)(H,63,70)(H,64,74)(H4,54,55,56)/t26-,27-,33-,35+,36+,37-,38+,39+,40+,41+/m1/s1. The number of aliphatic hydroxyl groups excluding tert-OH is 2. The fourth-order valence-corrected chi connectivity index (χ4v) is 8.39. The van der Waals surface area contributed by atoms with Crippen molar-refractivity contribution in [3.05, 3.63) is 102 Å². The van der Waals surface area contributed by atoms with Crippen LogP contribution in [0.3, 0.4) is 0 Å². The Balaban J connectivity index is 1.67. The smallest absolute Gasteiger partial charge is 0.245 e. The van der Waals surface area contributed by atoms with Crippen molar-refractivity contribution in [3.8, 4) is 5.75 Å². The molecular weight excluding hydrogens is 1030 g/mol. The summed E-state index contributed by atoms with van der Waals surface area (Å²) in [7, 11) is 0. The molecule has 4 aromatic rings. The molecule has 0 bridgehead atoms. The molecule has 19 N–H and O–H groups in total. The summed E-state index contributed by atoms with van der Waals surface area (Å²) in [5, 5.41) is 49.5. The molecule has 24 nitrogen and oxygen atoms in total. The molecule has 4 rings (SSSR count). The first-order valence-corrected chi connectivity index (χ1v) is 25.7. The molecule has 26 heteroatoms. The number of carbonyl (C=O) groups is 8. The number of para-hydroxylation sites is 1. The van der Waals surface area contributed by atoms with E-state index in [4.69, 9.17) is 22.9 Å². The van der Waals surface area contributed by atoms with Gasteiger partial charge in [0.05, 0.1) is 18.2 Å². The maximum Gasteiger partial charge on any atom is 0.245 e. The van der Waals surface area contributed by atoms with Crippen LogP contribution in [0.5, 0.6) is 5.75 Å². The Morgan fingerprint density at radius 1 is 0.623 bits per heavy atom. The van der Waals surface area contributed by atoms with Gasteiger partial charge in [0.25, 0.3) is 0 Å². The van der Waals surface area contributed by atoms with Crippen molar-refractivity contribution in [2.45, 2.75) is 125 Å². The molecule has 0 aliphatic carbocycles. The average Bonchev–Trinajstić information content (AvgIpc) is 3.78. The molecule has 0 radical (unpaired) electrons. The van der Waals surface area contributed by atoms with E-state index in [1.165, 1.54) is 52.0 Å². The van der Waals surface area contributed by atoms with Gasteiger partial charge in [-0.3, -0.25) is 43.3 Å². The number of nitrogens with two attached hydrogens (primary N) is 4. The van der Waals surface area contributed by atoms with Crippen LogP contribution in [0.2, 0.25) is 0 Å². The minimum absolute atomic E-state index is 0.0181. The second-order valence-corrected chi connectivity index (χ2v) is 20.6. The van der Waals surface area contributed by atoms with Crippen molar-refractivity contribution in [2.75, 3.05) is 12.3 Å². The second-order valence-electron chi connectivity index (χ2n) is 19.1. The molecule has 77 heavy (non-hydrogen) atoms. The Hall–Kier alpha value is -7.39. The summed E-state index contributed by atoms with van der Waals surface area (Å²) in [6.45, 7) is 5.29. The lowest BCUT2D eigenvalue weighted by molar-refractivity contribution is -0.137. The van der Waals surface area contributed by atoms with Crippen LogP contribution >= 0.6 is 25.3 Å². The van der Waals surface area contributed by atoms with Gasteiger partial charge in [0.1, 0.15) is 48.0 Å². The SMILES string of the molecule is C[C@@H](O)[C@H](NC(=O)[C@H](NC(=O)[C@@H](NC(=O)[C@H](CCCN=C(N)N)NC(=O)[C@@H](Cc1c[nH]c2ccccc12)NC(=O)[C@H](Cc1ccc(O)cc1)NC(=O)[C@H](CS)NC(=O)[C@H](N)Cc1ccccc1)[C@@H](C)O)C(C)(C)S)C(N)=O. The Morgan fingerprint density at radius 2 is 1.14 bits per heavy atom. The number of guanidine groups is 1. The summed E-state index contributed by atoms with van der Waals surface area (Å²) in [4.78, 5) is 118. The van der Waals surface area contributed by atoms with Crippen LogP contribution < -0.4 is 60.2 Å². The molecule has 10 atom stereocenters. The van der Waals surface area contributed by atoms with Crippen LogP contribution in [0, 0.1) is 0 Å². The minimum atomic E-state index is -1.79. The largest absolute Gasteiger partial charge is 0.508 e. The molecule has 0 saturated heterocycles. The summed E-state index contributed by atoms with van der Waals surface area (Å²) >= 11 is 8.75. The van der Waals surface area contributed by atoms with Crippen LogP contribution in [0.4, 0.5) is 0 Å². The molecule has 0 unspecified atom stereocenters. The summed E-state index contributed by atoms with van der Waals surface area (Å²) in [5.41, 5.74) is 25.2. The van der Waals surface area contributed by atoms with Gasteiger partial charge in [-0.15, -0.1) is 0 Å². The Bertz CT molecular complexity index is 2700. The fourth-order valence-electron chi connectivity index (χ4n) is 7.95. The van der Waals surface area contributed by atoms with Gasteiger partial charge < -0.3 is 80.5 Å². The van der Waals surface area contributed by atoms with E-state index in [1.807, 2.05) is 6.07 Å². The Morgan fingerprint density at radius 3 is 1.71 bits per heavy atom. The van der Waals surface area contributed by atoms with E-state index in [0.29, 0.717) is 22.0 Å². The molecule has 0 aliphatic heterocycles. The highest BCUT2D eigenvalue weighted by Crippen LogP contribution is 2.21. The van der Waals surface area contributed by atoms with Gasteiger partial charge in [-0.2, -0.15) is 25.3 Å². The number of phenolic OH excluding ortho intramolecular Hbond substituents is 1. The number of aromatic nitrogens is 1. The van der Waals surface area contributed by atoms with Gasteiger partial charge in [0, 0.05) is 47.0 Å². The highest BCUT2D eigenvalue weighted by molar-refractivity contribution is 7.81. The predicted molar refractivity (Wildman–Crippen MR) is 295 cm³/mol. The number of benzene rings is 3. The lowest BCUT2D eigenvalue weighted by Gasteiger charge is -2.33. The normalized spacial score (nSPS) is 15.3. The van der Waals surface area contributed by atoms with Crippen molar-refractivity contribution in [1.29, 1.82) is 0 Å². The molecule has 1 aromatic heterocycles. The molecule has 1 heterocycles. The molecule has 3 aromatic carbocycles. The third-order valence-corrected chi connectivity index (χ3v) is 12.8. The van der Waals surface area contributed by atoms with E-state index < -0.39 is 113 Å². The van der Waals surface area contributed by atoms with E-state index in [-0.39, 0.29) is 56.1 Å². The molecule has 0 spiro atoms. The zero-order valence-electron chi connectivity index (χ0n) is 43.1. The number of fused-ring (bicyclic) bond motifs is 1.